The molecule has 148 valence electrons. The topological polar surface area (TPSA) is 52.3 Å². The Morgan fingerprint density at radius 2 is 1.23 bits per heavy atom. The van der Waals surface area contributed by atoms with E-state index in [0.29, 0.717) is 28.3 Å². The van der Waals surface area contributed by atoms with E-state index < -0.39 is 0 Å². The molecular formula is C27H23NO2. The van der Waals surface area contributed by atoms with Gasteiger partial charge in [0.2, 0.25) is 0 Å². The highest BCUT2D eigenvalue weighted by molar-refractivity contribution is 6.09. The van der Waals surface area contributed by atoms with Crippen LogP contribution in [0.2, 0.25) is 0 Å². The Morgan fingerprint density at radius 3 is 1.87 bits per heavy atom. The Labute approximate surface area is 176 Å². The van der Waals surface area contributed by atoms with Crippen LogP contribution in [0, 0.1) is 0 Å². The second kappa shape index (κ2) is 9.10. The van der Waals surface area contributed by atoms with Gasteiger partial charge >= 0.3 is 0 Å². The highest BCUT2D eigenvalue weighted by atomic mass is 16.5. The molecule has 0 spiro atoms. The lowest BCUT2D eigenvalue weighted by molar-refractivity contribution is 0.103. The average molecular weight is 393 g/mol. The molecule has 4 aromatic carbocycles. The van der Waals surface area contributed by atoms with E-state index in [-0.39, 0.29) is 5.78 Å². The van der Waals surface area contributed by atoms with Gasteiger partial charge < -0.3 is 10.5 Å². The summed E-state index contributed by atoms with van der Waals surface area (Å²) in [7, 11) is 0. The minimum absolute atomic E-state index is 0.000106. The summed E-state index contributed by atoms with van der Waals surface area (Å²) >= 11 is 0. The quantitative estimate of drug-likeness (QED) is 0.306. The maximum absolute atomic E-state index is 12.8. The molecule has 0 heterocycles. The number of hydrogen-bond donors (Lipinski definition) is 1. The van der Waals surface area contributed by atoms with Crippen LogP contribution in [0.1, 0.15) is 27.0 Å². The Bertz CT molecular complexity index is 1120. The monoisotopic (exact) mass is 393 g/mol. The first-order valence-corrected chi connectivity index (χ1v) is 9.98. The van der Waals surface area contributed by atoms with E-state index in [9.17, 15) is 4.79 Å². The molecule has 4 aromatic rings. The van der Waals surface area contributed by atoms with Gasteiger partial charge in [0.15, 0.2) is 5.78 Å². The number of nitrogen functional groups attached to an aromatic ring is 1. The number of carbonyl (C=O) groups is 1. The van der Waals surface area contributed by atoms with Gasteiger partial charge in [0.25, 0.3) is 0 Å². The number of nitrogens with two attached hydrogens (primary N) is 1. The summed E-state index contributed by atoms with van der Waals surface area (Å²) < 4.78 is 5.79. The summed E-state index contributed by atoms with van der Waals surface area (Å²) in [6.45, 7) is 0. The average Bonchev–Trinajstić information content (AvgIpc) is 2.79. The molecule has 3 nitrogen and oxygen atoms in total. The van der Waals surface area contributed by atoms with Crippen molar-refractivity contribution in [3.05, 3.63) is 125 Å². The summed E-state index contributed by atoms with van der Waals surface area (Å²) in [5, 5.41) is 0. The minimum atomic E-state index is 0.000106. The third-order valence-electron chi connectivity index (χ3n) is 4.97. The second-order valence-corrected chi connectivity index (χ2v) is 7.21. The predicted octanol–water partition coefficient (Wildman–Crippen LogP) is 6.08. The van der Waals surface area contributed by atoms with E-state index in [1.54, 1.807) is 30.3 Å². The zero-order valence-corrected chi connectivity index (χ0v) is 16.6. The standard InChI is InChI=1S/C27H23NO2/c28-24-7-4-8-26(19-24)30-25-17-15-23(16-18-25)27(29)22-13-11-21(12-14-22)10-9-20-5-2-1-3-6-20/h1-8,11-19H,9-10,28H2. The lowest BCUT2D eigenvalue weighted by atomic mass is 9.99. The third-order valence-corrected chi connectivity index (χ3v) is 4.97. The van der Waals surface area contributed by atoms with E-state index >= 15 is 0 Å². The van der Waals surface area contributed by atoms with Crippen molar-refractivity contribution in [1.29, 1.82) is 0 Å². The van der Waals surface area contributed by atoms with E-state index in [4.69, 9.17) is 10.5 Å². The molecule has 0 unspecified atom stereocenters. The maximum Gasteiger partial charge on any atom is 0.193 e. The van der Waals surface area contributed by atoms with Crippen LogP contribution in [0.3, 0.4) is 0 Å². The van der Waals surface area contributed by atoms with Gasteiger partial charge in [-0.2, -0.15) is 0 Å². The lowest BCUT2D eigenvalue weighted by Crippen LogP contribution is -2.01. The van der Waals surface area contributed by atoms with Crippen LogP contribution >= 0.6 is 0 Å². The van der Waals surface area contributed by atoms with Gasteiger partial charge in [0.1, 0.15) is 11.5 Å². The van der Waals surface area contributed by atoms with E-state index in [1.165, 1.54) is 11.1 Å². The van der Waals surface area contributed by atoms with Gasteiger partial charge in [-0.15, -0.1) is 0 Å². The molecule has 0 aliphatic heterocycles. The summed E-state index contributed by atoms with van der Waals surface area (Å²) in [6.07, 6.45) is 1.94. The maximum atomic E-state index is 12.8. The zero-order chi connectivity index (χ0) is 20.8. The van der Waals surface area contributed by atoms with E-state index in [1.807, 2.05) is 48.5 Å². The van der Waals surface area contributed by atoms with Crippen molar-refractivity contribution in [2.45, 2.75) is 12.8 Å². The normalized spacial score (nSPS) is 10.5. The molecule has 0 saturated carbocycles. The first-order chi connectivity index (χ1) is 14.7. The van der Waals surface area contributed by atoms with E-state index in [0.717, 1.165) is 12.8 Å². The largest absolute Gasteiger partial charge is 0.457 e. The van der Waals surface area contributed by atoms with Crippen LogP contribution in [0.25, 0.3) is 0 Å². The van der Waals surface area contributed by atoms with Crippen molar-refractivity contribution in [2.75, 3.05) is 5.73 Å². The lowest BCUT2D eigenvalue weighted by Gasteiger charge is -2.08. The van der Waals surface area contributed by atoms with Gasteiger partial charge in [0.05, 0.1) is 0 Å². The van der Waals surface area contributed by atoms with Crippen LogP contribution in [0.5, 0.6) is 11.5 Å². The van der Waals surface area contributed by atoms with Gasteiger partial charge in [-0.1, -0.05) is 60.7 Å². The van der Waals surface area contributed by atoms with Crippen LogP contribution in [0.4, 0.5) is 5.69 Å². The van der Waals surface area contributed by atoms with Crippen molar-refractivity contribution in [3.8, 4) is 11.5 Å². The molecule has 0 aromatic heterocycles. The number of aryl methyl sites for hydroxylation is 2. The zero-order valence-electron chi connectivity index (χ0n) is 16.6. The van der Waals surface area contributed by atoms with Crippen LogP contribution in [0.15, 0.2) is 103 Å². The summed E-state index contributed by atoms with van der Waals surface area (Å²) in [5.41, 5.74) is 10.3. The molecular weight excluding hydrogens is 370 g/mol. The molecule has 0 atom stereocenters. The fourth-order valence-corrected chi connectivity index (χ4v) is 3.31. The van der Waals surface area contributed by atoms with Crippen LogP contribution in [-0.4, -0.2) is 5.78 Å². The Kier molecular flexibility index (Phi) is 5.90. The Hall–Kier alpha value is -3.85. The molecule has 0 amide bonds. The molecule has 0 bridgehead atoms. The number of hydrogen-bond acceptors (Lipinski definition) is 3. The second-order valence-electron chi connectivity index (χ2n) is 7.21. The van der Waals surface area contributed by atoms with Crippen molar-refractivity contribution < 1.29 is 9.53 Å². The Morgan fingerprint density at radius 1 is 0.633 bits per heavy atom. The van der Waals surface area contributed by atoms with Crippen molar-refractivity contribution in [2.24, 2.45) is 0 Å². The highest BCUT2D eigenvalue weighted by Crippen LogP contribution is 2.24. The first-order valence-electron chi connectivity index (χ1n) is 9.98. The summed E-state index contributed by atoms with van der Waals surface area (Å²) in [6, 6.07) is 32.7. The van der Waals surface area contributed by atoms with Crippen molar-refractivity contribution >= 4 is 11.5 Å². The summed E-state index contributed by atoms with van der Waals surface area (Å²) in [5.74, 6) is 1.33. The fraction of sp³-hybridized carbons (Fsp3) is 0.0741. The molecule has 0 fully saturated rings. The smallest absolute Gasteiger partial charge is 0.193 e. The number of anilines is 1. The van der Waals surface area contributed by atoms with Gasteiger partial charge in [-0.05, 0) is 60.4 Å². The molecule has 2 N–H and O–H groups in total. The van der Waals surface area contributed by atoms with Crippen LogP contribution in [-0.2, 0) is 12.8 Å². The van der Waals surface area contributed by atoms with E-state index in [2.05, 4.69) is 24.3 Å². The number of ether oxygens (including phenoxy) is 1. The number of carbonyl (C=O) groups excluding carboxylic acids is 1. The van der Waals surface area contributed by atoms with Crippen molar-refractivity contribution in [1.82, 2.24) is 0 Å². The number of benzene rings is 4. The molecule has 0 radical (unpaired) electrons. The van der Waals surface area contributed by atoms with Crippen molar-refractivity contribution in [3.63, 3.8) is 0 Å². The fourth-order valence-electron chi connectivity index (χ4n) is 3.31. The summed E-state index contributed by atoms with van der Waals surface area (Å²) in [4.78, 5) is 12.8. The molecule has 3 heteroatoms. The SMILES string of the molecule is Nc1cccc(Oc2ccc(C(=O)c3ccc(CCc4ccccc4)cc3)cc2)c1. The molecule has 0 aliphatic rings. The molecule has 0 saturated heterocycles. The number of rotatable bonds is 7. The minimum Gasteiger partial charge on any atom is -0.457 e. The predicted molar refractivity (Wildman–Crippen MR) is 121 cm³/mol. The molecule has 0 aliphatic carbocycles. The Balaban J connectivity index is 1.39. The first kappa shape index (κ1) is 19.5. The molecule has 4 rings (SSSR count). The van der Waals surface area contributed by atoms with Gasteiger partial charge in [0, 0.05) is 22.9 Å². The highest BCUT2D eigenvalue weighted by Gasteiger charge is 2.09. The van der Waals surface area contributed by atoms with Crippen LogP contribution < -0.4 is 10.5 Å². The molecule has 30 heavy (non-hydrogen) atoms. The van der Waals surface area contributed by atoms with Gasteiger partial charge in [-0.25, -0.2) is 0 Å². The third kappa shape index (κ3) is 4.95. The number of ketones is 1. The van der Waals surface area contributed by atoms with Gasteiger partial charge in [-0.3, -0.25) is 4.79 Å².